The highest BCUT2D eigenvalue weighted by atomic mass is 16.5. The molecule has 0 aliphatic heterocycles. The van der Waals surface area contributed by atoms with E-state index in [0.717, 1.165) is 23.6 Å². The van der Waals surface area contributed by atoms with Crippen molar-refractivity contribution in [2.45, 2.75) is 46.7 Å². The Kier molecular flexibility index (Phi) is 4.63. The van der Waals surface area contributed by atoms with E-state index in [1.807, 2.05) is 18.2 Å². The van der Waals surface area contributed by atoms with Crippen molar-refractivity contribution in [2.24, 2.45) is 0 Å². The van der Waals surface area contributed by atoms with Gasteiger partial charge in [-0.2, -0.15) is 0 Å². The molecule has 3 nitrogen and oxygen atoms in total. The van der Waals surface area contributed by atoms with Gasteiger partial charge in [-0.25, -0.2) is 0 Å². The number of rotatable bonds is 4. The Bertz CT molecular complexity index is 595. The molecule has 0 spiro atoms. The van der Waals surface area contributed by atoms with Gasteiger partial charge in [0.25, 0.3) is 0 Å². The van der Waals surface area contributed by atoms with Crippen LogP contribution in [-0.2, 0) is 6.54 Å². The summed E-state index contributed by atoms with van der Waals surface area (Å²) in [6.45, 7) is 11.4. The first-order valence-electron chi connectivity index (χ1n) is 7.27. The highest BCUT2D eigenvalue weighted by Gasteiger charge is 2.11. The number of pyridine rings is 1. The fourth-order valence-electron chi connectivity index (χ4n) is 2.13. The van der Waals surface area contributed by atoms with Gasteiger partial charge < -0.3 is 10.1 Å². The van der Waals surface area contributed by atoms with E-state index in [9.17, 15) is 0 Å². The van der Waals surface area contributed by atoms with Gasteiger partial charge >= 0.3 is 0 Å². The van der Waals surface area contributed by atoms with Crippen LogP contribution < -0.4 is 10.1 Å². The van der Waals surface area contributed by atoms with Crippen molar-refractivity contribution in [2.75, 3.05) is 0 Å². The molecule has 0 saturated carbocycles. The highest BCUT2D eigenvalue weighted by Crippen LogP contribution is 2.26. The third kappa shape index (κ3) is 4.87. The van der Waals surface area contributed by atoms with Crippen molar-refractivity contribution in [1.29, 1.82) is 0 Å². The molecule has 2 aromatic rings. The summed E-state index contributed by atoms with van der Waals surface area (Å²) in [5.74, 6) is 1.66. The van der Waals surface area contributed by atoms with Crippen LogP contribution in [0.4, 0.5) is 0 Å². The van der Waals surface area contributed by atoms with E-state index in [1.54, 1.807) is 12.4 Å². The minimum Gasteiger partial charge on any atom is -0.455 e. The van der Waals surface area contributed by atoms with E-state index < -0.39 is 0 Å². The second kappa shape index (κ2) is 6.27. The van der Waals surface area contributed by atoms with E-state index in [2.05, 4.69) is 51.0 Å². The van der Waals surface area contributed by atoms with Crippen LogP contribution in [0.15, 0.2) is 36.7 Å². The van der Waals surface area contributed by atoms with Crippen molar-refractivity contribution in [3.8, 4) is 11.5 Å². The van der Waals surface area contributed by atoms with Crippen LogP contribution in [0.3, 0.4) is 0 Å². The molecule has 1 aromatic heterocycles. The zero-order valence-corrected chi connectivity index (χ0v) is 13.5. The van der Waals surface area contributed by atoms with Gasteiger partial charge in [-0.1, -0.05) is 6.07 Å². The van der Waals surface area contributed by atoms with Crippen LogP contribution >= 0.6 is 0 Å². The molecule has 112 valence electrons. The van der Waals surface area contributed by atoms with Gasteiger partial charge in [0.05, 0.1) is 6.20 Å². The Hall–Kier alpha value is -1.87. The maximum absolute atomic E-state index is 6.03. The number of aryl methyl sites for hydroxylation is 2. The van der Waals surface area contributed by atoms with E-state index in [0.29, 0.717) is 0 Å². The molecule has 0 aliphatic rings. The van der Waals surface area contributed by atoms with Gasteiger partial charge in [0.1, 0.15) is 11.5 Å². The number of ether oxygens (including phenoxy) is 1. The van der Waals surface area contributed by atoms with E-state index in [-0.39, 0.29) is 5.54 Å². The summed E-state index contributed by atoms with van der Waals surface area (Å²) < 4.78 is 6.03. The lowest BCUT2D eigenvalue weighted by atomic mass is 10.1. The van der Waals surface area contributed by atoms with Crippen LogP contribution in [0.25, 0.3) is 0 Å². The predicted octanol–water partition coefficient (Wildman–Crippen LogP) is 4.38. The summed E-state index contributed by atoms with van der Waals surface area (Å²) in [6.07, 6.45) is 3.57. The largest absolute Gasteiger partial charge is 0.455 e. The maximum Gasteiger partial charge on any atom is 0.150 e. The Morgan fingerprint density at radius 1 is 1.10 bits per heavy atom. The molecule has 0 aliphatic carbocycles. The van der Waals surface area contributed by atoms with Crippen molar-refractivity contribution in [1.82, 2.24) is 10.3 Å². The molecule has 3 heteroatoms. The minimum absolute atomic E-state index is 0.0699. The van der Waals surface area contributed by atoms with Gasteiger partial charge in [0.2, 0.25) is 0 Å². The maximum atomic E-state index is 6.03. The standard InChI is InChI=1S/C18H24N2O/c1-13-8-14(2)10-16(9-13)21-17-12-19-7-6-15(17)11-20-18(3,4)5/h6-10,12,20H,11H2,1-5H3. The van der Waals surface area contributed by atoms with Gasteiger partial charge in [0.15, 0.2) is 0 Å². The topological polar surface area (TPSA) is 34.1 Å². The smallest absolute Gasteiger partial charge is 0.150 e. The molecular weight excluding hydrogens is 260 g/mol. The molecule has 0 radical (unpaired) electrons. The summed E-state index contributed by atoms with van der Waals surface area (Å²) in [5, 5.41) is 3.48. The lowest BCUT2D eigenvalue weighted by Crippen LogP contribution is -2.35. The fourth-order valence-corrected chi connectivity index (χ4v) is 2.13. The second-order valence-electron chi connectivity index (χ2n) is 6.51. The number of aromatic nitrogens is 1. The molecule has 1 heterocycles. The molecule has 0 unspecified atom stereocenters. The molecule has 2 rings (SSSR count). The Labute approximate surface area is 127 Å². The first kappa shape index (κ1) is 15.5. The number of benzene rings is 1. The minimum atomic E-state index is 0.0699. The monoisotopic (exact) mass is 284 g/mol. The summed E-state index contributed by atoms with van der Waals surface area (Å²) in [5.41, 5.74) is 3.58. The first-order chi connectivity index (χ1) is 9.83. The zero-order chi connectivity index (χ0) is 15.5. The third-order valence-corrected chi connectivity index (χ3v) is 3.10. The first-order valence-corrected chi connectivity index (χ1v) is 7.27. The summed E-state index contributed by atoms with van der Waals surface area (Å²) in [7, 11) is 0. The highest BCUT2D eigenvalue weighted by molar-refractivity contribution is 5.39. The lowest BCUT2D eigenvalue weighted by Gasteiger charge is -2.21. The predicted molar refractivity (Wildman–Crippen MR) is 86.8 cm³/mol. The molecular formula is C18H24N2O. The number of nitrogens with zero attached hydrogens (tertiary/aromatic N) is 1. The molecule has 0 bridgehead atoms. The number of nitrogens with one attached hydrogen (secondary N) is 1. The number of hydrogen-bond donors (Lipinski definition) is 1. The Morgan fingerprint density at radius 2 is 1.76 bits per heavy atom. The van der Waals surface area contributed by atoms with E-state index in [1.165, 1.54) is 11.1 Å². The molecule has 0 atom stereocenters. The summed E-state index contributed by atoms with van der Waals surface area (Å²) in [4.78, 5) is 4.18. The second-order valence-corrected chi connectivity index (χ2v) is 6.51. The Morgan fingerprint density at radius 3 is 2.38 bits per heavy atom. The molecule has 0 fully saturated rings. The van der Waals surface area contributed by atoms with E-state index >= 15 is 0 Å². The van der Waals surface area contributed by atoms with Crippen molar-refractivity contribution in [3.63, 3.8) is 0 Å². The van der Waals surface area contributed by atoms with Crippen LogP contribution in [0.2, 0.25) is 0 Å². The van der Waals surface area contributed by atoms with Crippen molar-refractivity contribution < 1.29 is 4.74 Å². The van der Waals surface area contributed by atoms with Gasteiger partial charge in [-0.3, -0.25) is 4.98 Å². The normalized spacial score (nSPS) is 11.5. The van der Waals surface area contributed by atoms with Crippen LogP contribution in [0, 0.1) is 13.8 Å². The molecule has 0 amide bonds. The average Bonchev–Trinajstić information content (AvgIpc) is 2.35. The average molecular weight is 284 g/mol. The number of hydrogen-bond acceptors (Lipinski definition) is 3. The Balaban J connectivity index is 2.20. The van der Waals surface area contributed by atoms with Crippen molar-refractivity contribution >= 4 is 0 Å². The molecule has 1 N–H and O–H groups in total. The zero-order valence-electron chi connectivity index (χ0n) is 13.5. The van der Waals surface area contributed by atoms with Gasteiger partial charge in [-0.05, 0) is 63.9 Å². The van der Waals surface area contributed by atoms with Crippen molar-refractivity contribution in [3.05, 3.63) is 53.3 Å². The van der Waals surface area contributed by atoms with Crippen LogP contribution in [-0.4, -0.2) is 10.5 Å². The molecule has 0 saturated heterocycles. The summed E-state index contributed by atoms with van der Waals surface area (Å²) >= 11 is 0. The SMILES string of the molecule is Cc1cc(C)cc(Oc2cnccc2CNC(C)(C)C)c1. The van der Waals surface area contributed by atoms with Gasteiger partial charge in [-0.15, -0.1) is 0 Å². The third-order valence-electron chi connectivity index (χ3n) is 3.10. The molecule has 21 heavy (non-hydrogen) atoms. The quantitative estimate of drug-likeness (QED) is 0.904. The van der Waals surface area contributed by atoms with Crippen LogP contribution in [0.5, 0.6) is 11.5 Å². The van der Waals surface area contributed by atoms with Gasteiger partial charge in [0, 0.05) is 23.8 Å². The van der Waals surface area contributed by atoms with E-state index in [4.69, 9.17) is 4.74 Å². The van der Waals surface area contributed by atoms with Crippen LogP contribution in [0.1, 0.15) is 37.5 Å². The fraction of sp³-hybridized carbons (Fsp3) is 0.389. The summed E-state index contributed by atoms with van der Waals surface area (Å²) in [6, 6.07) is 8.22. The lowest BCUT2D eigenvalue weighted by molar-refractivity contribution is 0.413. The molecule has 1 aromatic carbocycles.